The summed E-state index contributed by atoms with van der Waals surface area (Å²) in [6.45, 7) is 10.5. The van der Waals surface area contributed by atoms with Crippen LogP contribution in [0.1, 0.15) is 76.1 Å². The van der Waals surface area contributed by atoms with E-state index in [2.05, 4.69) is 50.6 Å². The second kappa shape index (κ2) is 6.78. The quantitative estimate of drug-likeness (QED) is 0.844. The molecular weight excluding hydrogens is 292 g/mol. The van der Waals surface area contributed by atoms with Gasteiger partial charge in [0.25, 0.3) is 0 Å². The van der Waals surface area contributed by atoms with E-state index in [-0.39, 0.29) is 6.04 Å². The normalized spacial score (nSPS) is 21.0. The smallest absolute Gasteiger partial charge is 0.243 e. The fourth-order valence-corrected chi connectivity index (χ4v) is 3.25. The maximum absolute atomic E-state index is 5.42. The van der Waals surface area contributed by atoms with Crippen molar-refractivity contribution in [3.63, 3.8) is 0 Å². The first-order chi connectivity index (χ1) is 11.1. The number of piperidine rings is 1. The highest BCUT2D eigenvalue weighted by molar-refractivity contribution is 5.03. The van der Waals surface area contributed by atoms with Gasteiger partial charge >= 0.3 is 0 Å². The summed E-state index contributed by atoms with van der Waals surface area (Å²) in [4.78, 5) is 6.90. The zero-order valence-corrected chi connectivity index (χ0v) is 14.4. The van der Waals surface area contributed by atoms with Crippen LogP contribution >= 0.6 is 0 Å². The molecule has 3 rings (SSSR count). The minimum atomic E-state index is 0.140. The molecule has 23 heavy (non-hydrogen) atoms. The Morgan fingerprint density at radius 3 is 2.87 bits per heavy atom. The highest BCUT2D eigenvalue weighted by Crippen LogP contribution is 2.31. The van der Waals surface area contributed by atoms with Gasteiger partial charge in [0, 0.05) is 24.9 Å². The van der Waals surface area contributed by atoms with Crippen molar-refractivity contribution in [2.24, 2.45) is 0 Å². The van der Waals surface area contributed by atoms with Gasteiger partial charge in [0.15, 0.2) is 5.82 Å². The molecule has 0 unspecified atom stereocenters. The third kappa shape index (κ3) is 3.29. The molecule has 1 fully saturated rings. The molecule has 7 nitrogen and oxygen atoms in total. The Balaban J connectivity index is 1.74. The molecule has 0 saturated carbocycles. The standard InChI is InChI=1S/C16H26N6O/c1-5-14-18-16(23-20-14)12(4)21-8-6-7-13(9-21)15-19-17-10-22(15)11(2)3/h10-13H,5-9H2,1-4H3/t12-,13-/m0/s1. The van der Waals surface area contributed by atoms with Crippen molar-refractivity contribution in [2.45, 2.75) is 65.0 Å². The van der Waals surface area contributed by atoms with Crippen LogP contribution in [0.25, 0.3) is 0 Å². The van der Waals surface area contributed by atoms with E-state index in [4.69, 9.17) is 4.52 Å². The van der Waals surface area contributed by atoms with Gasteiger partial charge in [0.05, 0.1) is 6.04 Å². The summed E-state index contributed by atoms with van der Waals surface area (Å²) in [7, 11) is 0. The molecule has 2 atom stereocenters. The molecule has 1 aliphatic heterocycles. The van der Waals surface area contributed by atoms with Crippen LogP contribution < -0.4 is 0 Å². The summed E-state index contributed by atoms with van der Waals surface area (Å²) < 4.78 is 7.60. The van der Waals surface area contributed by atoms with Gasteiger partial charge in [-0.2, -0.15) is 4.98 Å². The molecule has 0 amide bonds. The Bertz CT molecular complexity index is 634. The Morgan fingerprint density at radius 1 is 1.35 bits per heavy atom. The molecule has 2 aromatic heterocycles. The van der Waals surface area contributed by atoms with Gasteiger partial charge in [-0.15, -0.1) is 10.2 Å². The number of rotatable bonds is 5. The van der Waals surface area contributed by atoms with Crippen LogP contribution in [0.15, 0.2) is 10.9 Å². The minimum absolute atomic E-state index is 0.140. The van der Waals surface area contributed by atoms with Gasteiger partial charge in [-0.1, -0.05) is 12.1 Å². The van der Waals surface area contributed by atoms with Crippen LogP contribution in [0.3, 0.4) is 0 Å². The topological polar surface area (TPSA) is 72.9 Å². The molecule has 0 aromatic carbocycles. The maximum Gasteiger partial charge on any atom is 0.243 e. The molecule has 7 heteroatoms. The van der Waals surface area contributed by atoms with Crippen LogP contribution in [-0.2, 0) is 6.42 Å². The lowest BCUT2D eigenvalue weighted by molar-refractivity contribution is 0.129. The van der Waals surface area contributed by atoms with Gasteiger partial charge in [-0.05, 0) is 40.2 Å². The van der Waals surface area contributed by atoms with Gasteiger partial charge < -0.3 is 9.09 Å². The fraction of sp³-hybridized carbons (Fsp3) is 0.750. The first-order valence-electron chi connectivity index (χ1n) is 8.56. The highest BCUT2D eigenvalue weighted by Gasteiger charge is 2.30. The number of hydrogen-bond donors (Lipinski definition) is 0. The fourth-order valence-electron chi connectivity index (χ4n) is 3.25. The second-order valence-corrected chi connectivity index (χ2v) is 6.60. The second-order valence-electron chi connectivity index (χ2n) is 6.60. The van der Waals surface area contributed by atoms with E-state index >= 15 is 0 Å². The Morgan fingerprint density at radius 2 is 2.17 bits per heavy atom. The Hall–Kier alpha value is -1.76. The van der Waals surface area contributed by atoms with E-state index in [0.717, 1.165) is 44.0 Å². The van der Waals surface area contributed by atoms with Gasteiger partial charge in [-0.3, -0.25) is 4.90 Å². The predicted molar refractivity (Wildman–Crippen MR) is 86.0 cm³/mol. The van der Waals surface area contributed by atoms with Crippen molar-refractivity contribution in [3.05, 3.63) is 23.9 Å². The van der Waals surface area contributed by atoms with Crippen molar-refractivity contribution in [2.75, 3.05) is 13.1 Å². The summed E-state index contributed by atoms with van der Waals surface area (Å²) in [5.41, 5.74) is 0. The van der Waals surface area contributed by atoms with Crippen LogP contribution in [0.2, 0.25) is 0 Å². The molecule has 0 aliphatic carbocycles. The molecule has 2 aromatic rings. The SMILES string of the molecule is CCc1noc([C@H](C)N2CCC[C@H](c3nncn3C(C)C)C2)n1. The summed E-state index contributed by atoms with van der Waals surface area (Å²) in [5, 5.41) is 12.5. The molecule has 0 bridgehead atoms. The highest BCUT2D eigenvalue weighted by atomic mass is 16.5. The summed E-state index contributed by atoms with van der Waals surface area (Å²) in [6.07, 6.45) is 4.94. The summed E-state index contributed by atoms with van der Waals surface area (Å²) in [5.74, 6) is 2.99. The van der Waals surface area contributed by atoms with Crippen LogP contribution in [0.4, 0.5) is 0 Å². The molecule has 1 saturated heterocycles. The van der Waals surface area contributed by atoms with Gasteiger partial charge in [-0.25, -0.2) is 0 Å². The first-order valence-corrected chi connectivity index (χ1v) is 8.56. The largest absolute Gasteiger partial charge is 0.338 e. The van der Waals surface area contributed by atoms with Gasteiger partial charge in [0.2, 0.25) is 5.89 Å². The number of nitrogens with zero attached hydrogens (tertiary/aromatic N) is 6. The molecule has 0 radical (unpaired) electrons. The Labute approximate surface area is 137 Å². The zero-order valence-electron chi connectivity index (χ0n) is 14.4. The lowest BCUT2D eigenvalue weighted by Crippen LogP contribution is -2.37. The van der Waals surface area contributed by atoms with E-state index < -0.39 is 0 Å². The minimum Gasteiger partial charge on any atom is -0.338 e. The monoisotopic (exact) mass is 318 g/mol. The molecule has 0 N–H and O–H groups in total. The molecule has 126 valence electrons. The lowest BCUT2D eigenvalue weighted by Gasteiger charge is -2.35. The summed E-state index contributed by atoms with van der Waals surface area (Å²) >= 11 is 0. The maximum atomic E-state index is 5.42. The first kappa shape index (κ1) is 16.1. The van der Waals surface area contributed by atoms with Crippen molar-refractivity contribution < 1.29 is 4.52 Å². The zero-order chi connectivity index (χ0) is 16.4. The van der Waals surface area contributed by atoms with Crippen LogP contribution in [0, 0.1) is 0 Å². The Kier molecular flexibility index (Phi) is 4.75. The number of hydrogen-bond acceptors (Lipinski definition) is 6. The van der Waals surface area contributed by atoms with E-state index in [1.54, 1.807) is 0 Å². The van der Waals surface area contributed by atoms with Crippen molar-refractivity contribution >= 4 is 0 Å². The van der Waals surface area contributed by atoms with Crippen LogP contribution in [0.5, 0.6) is 0 Å². The van der Waals surface area contributed by atoms with Gasteiger partial charge in [0.1, 0.15) is 12.2 Å². The average Bonchev–Trinajstić information content (AvgIpc) is 3.23. The molecule has 1 aliphatic rings. The third-order valence-electron chi connectivity index (χ3n) is 4.68. The summed E-state index contributed by atoms with van der Waals surface area (Å²) in [6, 6.07) is 0.525. The average molecular weight is 318 g/mol. The van der Waals surface area contributed by atoms with E-state index in [1.165, 1.54) is 0 Å². The third-order valence-corrected chi connectivity index (χ3v) is 4.68. The number of likely N-dealkylation sites (tertiary alicyclic amines) is 1. The molecular formula is C16H26N6O. The molecule has 0 spiro atoms. The van der Waals surface area contributed by atoms with E-state index in [0.29, 0.717) is 17.9 Å². The number of aryl methyl sites for hydroxylation is 1. The van der Waals surface area contributed by atoms with E-state index in [9.17, 15) is 0 Å². The lowest BCUT2D eigenvalue weighted by atomic mass is 9.95. The number of aromatic nitrogens is 5. The van der Waals surface area contributed by atoms with Crippen LogP contribution in [-0.4, -0.2) is 42.9 Å². The van der Waals surface area contributed by atoms with Crippen molar-refractivity contribution in [3.8, 4) is 0 Å². The molecule has 3 heterocycles. The van der Waals surface area contributed by atoms with Crippen molar-refractivity contribution in [1.29, 1.82) is 0 Å². The predicted octanol–water partition coefficient (Wildman–Crippen LogP) is 2.75. The van der Waals surface area contributed by atoms with E-state index in [1.807, 2.05) is 13.3 Å². The van der Waals surface area contributed by atoms with Crippen molar-refractivity contribution in [1.82, 2.24) is 29.8 Å².